The fourth-order valence-corrected chi connectivity index (χ4v) is 4.32. The van der Waals surface area contributed by atoms with Gasteiger partial charge in [0.2, 0.25) is 10.0 Å². The molecule has 1 fully saturated rings. The number of fused-ring (bicyclic) bond motifs is 1. The number of carbonyl (C=O) groups excluding carboxylic acids is 1. The zero-order valence-corrected chi connectivity index (χ0v) is 15.7. The number of hydrogen-bond donors (Lipinski definition) is 1. The molecule has 0 unspecified atom stereocenters. The number of hydrogen-bond acceptors (Lipinski definition) is 5. The molecule has 1 heterocycles. The lowest BCUT2D eigenvalue weighted by atomic mass is 10.2. The van der Waals surface area contributed by atoms with Crippen LogP contribution in [0.1, 0.15) is 23.2 Å². The Balaban J connectivity index is 1.48. The molecule has 0 spiro atoms. The molecule has 1 amide bonds. The second-order valence-corrected chi connectivity index (χ2v) is 8.59. The number of amides is 1. The average Bonchev–Trinajstić information content (AvgIpc) is 3.52. The van der Waals surface area contributed by atoms with E-state index in [0.717, 1.165) is 12.8 Å². The van der Waals surface area contributed by atoms with E-state index < -0.39 is 10.0 Å². The van der Waals surface area contributed by atoms with Crippen molar-refractivity contribution in [2.24, 2.45) is 0 Å². The zero-order chi connectivity index (χ0) is 19.0. The summed E-state index contributed by atoms with van der Waals surface area (Å²) in [4.78, 5) is 12.6. The monoisotopic (exact) mass is 388 g/mol. The van der Waals surface area contributed by atoms with Gasteiger partial charge in [-0.1, -0.05) is 0 Å². The zero-order valence-electron chi connectivity index (χ0n) is 14.8. The number of anilines is 1. The van der Waals surface area contributed by atoms with Gasteiger partial charge in [-0.2, -0.15) is 4.31 Å². The lowest BCUT2D eigenvalue weighted by molar-refractivity contribution is 0.102. The molecule has 2 aliphatic rings. The van der Waals surface area contributed by atoms with Gasteiger partial charge in [0.15, 0.2) is 11.5 Å². The van der Waals surface area contributed by atoms with Crippen LogP contribution in [0, 0.1) is 0 Å². The van der Waals surface area contributed by atoms with Crippen molar-refractivity contribution >= 4 is 21.6 Å². The fraction of sp³-hybridized carbons (Fsp3) is 0.316. The third-order valence-electron chi connectivity index (χ3n) is 4.65. The largest absolute Gasteiger partial charge is 0.486 e. The molecule has 142 valence electrons. The van der Waals surface area contributed by atoms with E-state index in [2.05, 4.69) is 5.32 Å². The first-order valence-corrected chi connectivity index (χ1v) is 10.2. The second kappa shape index (κ2) is 6.86. The van der Waals surface area contributed by atoms with Crippen LogP contribution in [-0.4, -0.2) is 44.9 Å². The van der Waals surface area contributed by atoms with Crippen LogP contribution in [0.4, 0.5) is 5.69 Å². The molecule has 0 atom stereocenters. The van der Waals surface area contributed by atoms with Gasteiger partial charge in [-0.15, -0.1) is 0 Å². The number of nitrogens with zero attached hydrogens (tertiary/aromatic N) is 1. The summed E-state index contributed by atoms with van der Waals surface area (Å²) >= 11 is 0. The Morgan fingerprint density at radius 3 is 2.37 bits per heavy atom. The van der Waals surface area contributed by atoms with E-state index in [4.69, 9.17) is 9.47 Å². The Labute approximate surface area is 157 Å². The van der Waals surface area contributed by atoms with Gasteiger partial charge in [0, 0.05) is 30.4 Å². The van der Waals surface area contributed by atoms with Crippen LogP contribution >= 0.6 is 0 Å². The SMILES string of the molecule is CN(C1CC1)S(=O)(=O)c1ccc(C(=O)Nc2ccc3c(c2)OCCO3)cc1. The summed E-state index contributed by atoms with van der Waals surface area (Å²) < 4.78 is 37.4. The van der Waals surface area contributed by atoms with Gasteiger partial charge in [-0.3, -0.25) is 4.79 Å². The Morgan fingerprint density at radius 1 is 1.04 bits per heavy atom. The number of rotatable bonds is 5. The minimum atomic E-state index is -3.52. The maximum absolute atomic E-state index is 12.5. The lowest BCUT2D eigenvalue weighted by Gasteiger charge is -2.19. The lowest BCUT2D eigenvalue weighted by Crippen LogP contribution is -2.29. The third-order valence-corrected chi connectivity index (χ3v) is 6.58. The van der Waals surface area contributed by atoms with Gasteiger partial charge in [-0.25, -0.2) is 8.42 Å². The van der Waals surface area contributed by atoms with Crippen LogP contribution in [0.3, 0.4) is 0 Å². The molecule has 2 aromatic carbocycles. The highest BCUT2D eigenvalue weighted by molar-refractivity contribution is 7.89. The summed E-state index contributed by atoms with van der Waals surface area (Å²) in [6, 6.07) is 11.2. The van der Waals surface area contributed by atoms with Crippen molar-refractivity contribution in [2.75, 3.05) is 25.6 Å². The second-order valence-electron chi connectivity index (χ2n) is 6.59. The van der Waals surface area contributed by atoms with Crippen molar-refractivity contribution in [3.63, 3.8) is 0 Å². The molecule has 8 heteroatoms. The minimum Gasteiger partial charge on any atom is -0.486 e. The summed E-state index contributed by atoms with van der Waals surface area (Å²) in [5, 5.41) is 2.78. The van der Waals surface area contributed by atoms with E-state index in [0.29, 0.717) is 36.0 Å². The van der Waals surface area contributed by atoms with Crippen molar-refractivity contribution in [1.29, 1.82) is 0 Å². The number of benzene rings is 2. The average molecular weight is 388 g/mol. The molecule has 1 saturated carbocycles. The maximum Gasteiger partial charge on any atom is 0.255 e. The van der Waals surface area contributed by atoms with Gasteiger partial charge in [0.25, 0.3) is 5.91 Å². The van der Waals surface area contributed by atoms with Crippen LogP contribution in [0.15, 0.2) is 47.4 Å². The molecule has 1 aliphatic heterocycles. The highest BCUT2D eigenvalue weighted by atomic mass is 32.2. The summed E-state index contributed by atoms with van der Waals surface area (Å²) in [6.07, 6.45) is 1.79. The van der Waals surface area contributed by atoms with Gasteiger partial charge >= 0.3 is 0 Å². The number of carbonyl (C=O) groups is 1. The Hall–Kier alpha value is -2.58. The fourth-order valence-electron chi connectivity index (χ4n) is 2.90. The summed E-state index contributed by atoms with van der Waals surface area (Å²) in [5.74, 6) is 0.906. The number of ether oxygens (including phenoxy) is 2. The van der Waals surface area contributed by atoms with Gasteiger partial charge in [-0.05, 0) is 49.2 Å². The van der Waals surface area contributed by atoms with Crippen molar-refractivity contribution in [3.8, 4) is 11.5 Å². The topological polar surface area (TPSA) is 84.9 Å². The van der Waals surface area contributed by atoms with Crippen LogP contribution in [0.2, 0.25) is 0 Å². The Kier molecular flexibility index (Phi) is 4.53. The molecule has 1 N–H and O–H groups in total. The van der Waals surface area contributed by atoms with Crippen molar-refractivity contribution < 1.29 is 22.7 Å². The molecular formula is C19H20N2O5S. The Morgan fingerprint density at radius 2 is 1.70 bits per heavy atom. The third kappa shape index (κ3) is 3.63. The summed E-state index contributed by atoms with van der Waals surface area (Å²) in [7, 11) is -1.92. The molecule has 0 saturated heterocycles. The molecule has 27 heavy (non-hydrogen) atoms. The number of sulfonamides is 1. The van der Waals surface area contributed by atoms with Gasteiger partial charge in [0.1, 0.15) is 13.2 Å². The van der Waals surface area contributed by atoms with E-state index in [9.17, 15) is 13.2 Å². The van der Waals surface area contributed by atoms with Crippen LogP contribution in [0.25, 0.3) is 0 Å². The van der Waals surface area contributed by atoms with Gasteiger partial charge < -0.3 is 14.8 Å². The van der Waals surface area contributed by atoms with Crippen molar-refractivity contribution in [2.45, 2.75) is 23.8 Å². The van der Waals surface area contributed by atoms with Crippen molar-refractivity contribution in [3.05, 3.63) is 48.0 Å². The molecule has 4 rings (SSSR count). The molecule has 0 radical (unpaired) electrons. The predicted molar refractivity (Wildman–Crippen MR) is 99.8 cm³/mol. The molecule has 7 nitrogen and oxygen atoms in total. The van der Waals surface area contributed by atoms with Crippen LogP contribution in [-0.2, 0) is 10.0 Å². The van der Waals surface area contributed by atoms with Crippen LogP contribution < -0.4 is 14.8 Å². The first-order valence-electron chi connectivity index (χ1n) is 8.74. The molecule has 0 aromatic heterocycles. The first-order chi connectivity index (χ1) is 12.9. The van der Waals surface area contributed by atoms with E-state index in [1.54, 1.807) is 25.2 Å². The van der Waals surface area contributed by atoms with Gasteiger partial charge in [0.05, 0.1) is 4.90 Å². The molecule has 1 aliphatic carbocycles. The molecular weight excluding hydrogens is 368 g/mol. The highest BCUT2D eigenvalue weighted by Gasteiger charge is 2.35. The summed E-state index contributed by atoms with van der Waals surface area (Å²) in [6.45, 7) is 0.972. The maximum atomic E-state index is 12.5. The molecule has 0 bridgehead atoms. The number of nitrogens with one attached hydrogen (secondary N) is 1. The van der Waals surface area contributed by atoms with Crippen LogP contribution in [0.5, 0.6) is 11.5 Å². The highest BCUT2D eigenvalue weighted by Crippen LogP contribution is 2.33. The standard InChI is InChI=1S/C19H20N2O5S/c1-21(15-5-6-15)27(23,24)16-7-2-13(3-8-16)19(22)20-14-4-9-17-18(12-14)26-11-10-25-17/h2-4,7-9,12,15H,5-6,10-11H2,1H3,(H,20,22). The molecule has 2 aromatic rings. The smallest absolute Gasteiger partial charge is 0.255 e. The quantitative estimate of drug-likeness (QED) is 0.851. The first kappa shape index (κ1) is 17.8. The summed E-state index contributed by atoms with van der Waals surface area (Å²) in [5.41, 5.74) is 0.951. The Bertz CT molecular complexity index is 968. The van der Waals surface area contributed by atoms with E-state index in [-0.39, 0.29) is 16.8 Å². The normalized spacial score (nSPS) is 16.2. The van der Waals surface area contributed by atoms with E-state index in [1.165, 1.54) is 28.6 Å². The van der Waals surface area contributed by atoms with Crippen molar-refractivity contribution in [1.82, 2.24) is 4.31 Å². The van der Waals surface area contributed by atoms with E-state index >= 15 is 0 Å². The predicted octanol–water partition coefficient (Wildman–Crippen LogP) is 2.49. The minimum absolute atomic E-state index is 0.0909. The van der Waals surface area contributed by atoms with E-state index in [1.807, 2.05) is 0 Å².